The maximum Gasteiger partial charge on any atom is 0.295 e. The monoisotopic (exact) mass is 408 g/mol. The van der Waals surface area contributed by atoms with Crippen LogP contribution in [0.3, 0.4) is 0 Å². The summed E-state index contributed by atoms with van der Waals surface area (Å²) in [5.41, 5.74) is 1.07. The zero-order valence-corrected chi connectivity index (χ0v) is 17.0. The summed E-state index contributed by atoms with van der Waals surface area (Å²) in [6.07, 6.45) is 2.94. The predicted octanol–water partition coefficient (Wildman–Crippen LogP) is 1.45. The molecule has 3 aliphatic rings. The van der Waals surface area contributed by atoms with Crippen molar-refractivity contribution in [2.75, 3.05) is 11.9 Å². The number of carbonyl (C=O) groups is 3. The Morgan fingerprint density at radius 2 is 1.63 bits per heavy atom. The molecule has 5 rings (SSSR count). The van der Waals surface area contributed by atoms with Crippen molar-refractivity contribution in [1.29, 1.82) is 0 Å². The number of imide groups is 1. The minimum atomic E-state index is -0.532. The van der Waals surface area contributed by atoms with Crippen LogP contribution in [-0.2, 0) is 21.4 Å². The summed E-state index contributed by atoms with van der Waals surface area (Å²) in [4.78, 5) is 52.4. The lowest BCUT2D eigenvalue weighted by atomic mass is 9.81. The van der Waals surface area contributed by atoms with Crippen LogP contribution in [-0.4, -0.2) is 38.5 Å². The number of likely N-dealkylation sites (tertiary alicyclic amines) is 1. The predicted molar refractivity (Wildman–Crippen MR) is 109 cm³/mol. The van der Waals surface area contributed by atoms with E-state index in [9.17, 15) is 19.2 Å². The Morgan fingerprint density at radius 1 is 1.03 bits per heavy atom. The number of hydrogen-bond acceptors (Lipinski definition) is 4. The van der Waals surface area contributed by atoms with E-state index in [0.717, 1.165) is 24.2 Å². The molecule has 1 saturated heterocycles. The van der Waals surface area contributed by atoms with Crippen molar-refractivity contribution in [3.63, 3.8) is 0 Å². The molecule has 2 aliphatic carbocycles. The molecule has 2 saturated carbocycles. The summed E-state index contributed by atoms with van der Waals surface area (Å²) < 4.78 is 3.14. The van der Waals surface area contributed by atoms with Gasteiger partial charge in [0.15, 0.2) is 0 Å². The number of anilines is 1. The van der Waals surface area contributed by atoms with Gasteiger partial charge in [-0.1, -0.05) is 18.2 Å². The molecule has 3 amide bonds. The van der Waals surface area contributed by atoms with Crippen LogP contribution in [0.1, 0.15) is 25.0 Å². The molecule has 1 N–H and O–H groups in total. The Bertz CT molecular complexity index is 1090. The largest absolute Gasteiger partial charge is 0.318 e. The number of carbonyl (C=O) groups excluding carboxylic acids is 3. The molecule has 2 bridgehead atoms. The van der Waals surface area contributed by atoms with Crippen LogP contribution in [0.15, 0.2) is 35.1 Å². The Kier molecular flexibility index (Phi) is 4.20. The molecule has 8 nitrogen and oxygen atoms in total. The lowest BCUT2D eigenvalue weighted by Gasteiger charge is -2.19. The van der Waals surface area contributed by atoms with Crippen LogP contribution in [0.2, 0.25) is 0 Å². The van der Waals surface area contributed by atoms with Gasteiger partial charge in [-0.05, 0) is 50.2 Å². The highest BCUT2D eigenvalue weighted by molar-refractivity contribution is 6.09. The van der Waals surface area contributed by atoms with Gasteiger partial charge in [-0.15, -0.1) is 0 Å². The van der Waals surface area contributed by atoms with Gasteiger partial charge in [0.1, 0.15) is 12.2 Å². The van der Waals surface area contributed by atoms with E-state index in [-0.39, 0.29) is 53.3 Å². The van der Waals surface area contributed by atoms with Gasteiger partial charge in [0.25, 0.3) is 5.56 Å². The summed E-state index contributed by atoms with van der Waals surface area (Å²) in [6, 6.07) is 9.13. The fourth-order valence-electron chi connectivity index (χ4n) is 5.66. The van der Waals surface area contributed by atoms with Crippen molar-refractivity contribution in [3.8, 4) is 5.69 Å². The van der Waals surface area contributed by atoms with Crippen LogP contribution in [0.5, 0.6) is 0 Å². The first-order valence-electron chi connectivity index (χ1n) is 10.4. The molecular weight excluding hydrogens is 384 g/mol. The molecule has 0 spiro atoms. The maximum atomic E-state index is 12.9. The van der Waals surface area contributed by atoms with Crippen LogP contribution < -0.4 is 10.9 Å². The Balaban J connectivity index is 1.36. The van der Waals surface area contributed by atoms with Gasteiger partial charge >= 0.3 is 0 Å². The normalized spacial score (nSPS) is 27.1. The number of nitrogens with zero attached hydrogens (tertiary/aromatic N) is 3. The molecule has 0 radical (unpaired) electrons. The van der Waals surface area contributed by atoms with Gasteiger partial charge < -0.3 is 5.32 Å². The molecule has 1 aromatic carbocycles. The molecule has 1 aliphatic heterocycles. The Morgan fingerprint density at radius 3 is 2.23 bits per heavy atom. The first-order valence-corrected chi connectivity index (χ1v) is 10.4. The van der Waals surface area contributed by atoms with Crippen molar-refractivity contribution in [3.05, 3.63) is 46.4 Å². The van der Waals surface area contributed by atoms with E-state index in [1.807, 2.05) is 18.2 Å². The highest BCUT2D eigenvalue weighted by atomic mass is 16.2. The molecule has 1 aromatic heterocycles. The molecule has 2 aromatic rings. The van der Waals surface area contributed by atoms with Crippen molar-refractivity contribution < 1.29 is 14.4 Å². The first-order chi connectivity index (χ1) is 14.4. The van der Waals surface area contributed by atoms with Gasteiger partial charge in [0.2, 0.25) is 17.7 Å². The van der Waals surface area contributed by atoms with E-state index < -0.39 is 5.91 Å². The highest BCUT2D eigenvalue weighted by Gasteiger charge is 2.60. The average Bonchev–Trinajstić information content (AvgIpc) is 3.46. The van der Waals surface area contributed by atoms with Gasteiger partial charge in [-0.3, -0.25) is 28.8 Å². The third-order valence-electron chi connectivity index (χ3n) is 7.14. The summed E-state index contributed by atoms with van der Waals surface area (Å²) in [6.45, 7) is 1.40. The van der Waals surface area contributed by atoms with E-state index in [0.29, 0.717) is 11.4 Å². The smallest absolute Gasteiger partial charge is 0.295 e. The summed E-state index contributed by atoms with van der Waals surface area (Å²) in [5, 5.41) is 2.64. The number of hydrogen-bond donors (Lipinski definition) is 1. The van der Waals surface area contributed by atoms with E-state index >= 15 is 0 Å². The number of para-hydroxylation sites is 1. The standard InChI is InChI=1S/C22H24N4O4/c1-12-19(22(30)26(24(12)2)15-6-4-3-5-7-15)23-16(27)11-25-20(28)17-13-8-9-14(10-13)18(17)21(25)29/h3-7,13-14,17-18H,8-11H2,1-2H3,(H,23,27)/t13-,14+,17-,18+. The van der Waals surface area contributed by atoms with E-state index in [4.69, 9.17) is 0 Å². The maximum absolute atomic E-state index is 12.9. The number of aromatic nitrogens is 2. The van der Waals surface area contributed by atoms with E-state index in [1.165, 1.54) is 4.68 Å². The molecule has 2 heterocycles. The number of fused-ring (bicyclic) bond motifs is 5. The third kappa shape index (κ3) is 2.59. The van der Waals surface area contributed by atoms with Gasteiger partial charge in [-0.2, -0.15) is 0 Å². The molecule has 4 atom stereocenters. The van der Waals surface area contributed by atoms with Crippen molar-refractivity contribution in [1.82, 2.24) is 14.3 Å². The lowest BCUT2D eigenvalue weighted by Crippen LogP contribution is -2.39. The van der Waals surface area contributed by atoms with Gasteiger partial charge in [-0.25, -0.2) is 4.68 Å². The Labute approximate surface area is 173 Å². The minimum Gasteiger partial charge on any atom is -0.318 e. The first kappa shape index (κ1) is 18.8. The quantitative estimate of drug-likeness (QED) is 0.775. The average molecular weight is 408 g/mol. The van der Waals surface area contributed by atoms with Crippen molar-refractivity contribution in [2.45, 2.75) is 26.2 Å². The number of rotatable bonds is 4. The van der Waals surface area contributed by atoms with Crippen molar-refractivity contribution >= 4 is 23.4 Å². The minimum absolute atomic E-state index is 0.158. The van der Waals surface area contributed by atoms with Crippen LogP contribution in [0.25, 0.3) is 5.69 Å². The molecule has 8 heteroatoms. The second-order valence-electron chi connectivity index (χ2n) is 8.63. The van der Waals surface area contributed by atoms with Crippen LogP contribution in [0.4, 0.5) is 5.69 Å². The number of nitrogens with one attached hydrogen (secondary N) is 1. The van der Waals surface area contributed by atoms with Gasteiger partial charge in [0, 0.05) is 7.05 Å². The lowest BCUT2D eigenvalue weighted by molar-refractivity contribution is -0.143. The van der Waals surface area contributed by atoms with Crippen LogP contribution in [0, 0.1) is 30.6 Å². The topological polar surface area (TPSA) is 93.4 Å². The van der Waals surface area contributed by atoms with Gasteiger partial charge in [0.05, 0.1) is 23.2 Å². The SMILES string of the molecule is Cc1c(NC(=O)CN2C(=O)[C@@H]3[C@@H]4CC[C@@H](C4)[C@@H]3C2=O)c(=O)n(-c2ccccc2)n1C. The fourth-order valence-corrected chi connectivity index (χ4v) is 5.66. The number of amides is 3. The second-order valence-corrected chi connectivity index (χ2v) is 8.63. The Hall–Kier alpha value is -3.16. The second kappa shape index (κ2) is 6.68. The van der Waals surface area contributed by atoms with E-state index in [1.54, 1.807) is 30.8 Å². The van der Waals surface area contributed by atoms with Crippen LogP contribution >= 0.6 is 0 Å². The molecule has 30 heavy (non-hydrogen) atoms. The zero-order valence-electron chi connectivity index (χ0n) is 17.0. The van der Waals surface area contributed by atoms with E-state index in [2.05, 4.69) is 5.32 Å². The summed E-state index contributed by atoms with van der Waals surface area (Å²) >= 11 is 0. The molecule has 0 unspecified atom stereocenters. The molecule has 156 valence electrons. The summed E-state index contributed by atoms with van der Waals surface area (Å²) in [5.74, 6) is -0.929. The number of benzene rings is 1. The fraction of sp³-hybridized carbons (Fsp3) is 0.455. The highest BCUT2D eigenvalue weighted by Crippen LogP contribution is 2.56. The molecular formula is C22H24N4O4. The van der Waals surface area contributed by atoms with Crippen molar-refractivity contribution in [2.24, 2.45) is 30.7 Å². The third-order valence-corrected chi connectivity index (χ3v) is 7.14. The summed E-state index contributed by atoms with van der Waals surface area (Å²) in [7, 11) is 1.74. The molecule has 3 fully saturated rings. The zero-order chi connectivity index (χ0) is 21.2.